The zero-order valence-corrected chi connectivity index (χ0v) is 16.2. The number of halogens is 2. The van der Waals surface area contributed by atoms with E-state index in [-0.39, 0.29) is 12.2 Å². The molecule has 0 spiro atoms. The van der Waals surface area contributed by atoms with Crippen molar-refractivity contribution in [1.29, 1.82) is 0 Å². The van der Waals surface area contributed by atoms with Crippen LogP contribution in [0.5, 0.6) is 0 Å². The predicted octanol–water partition coefficient (Wildman–Crippen LogP) is 4.72. The van der Waals surface area contributed by atoms with Crippen molar-refractivity contribution >= 4 is 46.4 Å². The first-order chi connectivity index (χ1) is 13.0. The third kappa shape index (κ3) is 4.47. The molecule has 0 saturated heterocycles. The first-order valence-electron chi connectivity index (χ1n) is 7.93. The second-order valence-corrected chi connectivity index (χ2v) is 7.29. The number of carbonyl (C=O) groups excluding carboxylic acids is 1. The standard InChI is InChI=1S/C19H14Cl2N2O3S/c20-14-8-4-7-12(16(14)21)18-23-15(10-27-18)17(24)22-9-13(19(25)26)11-5-2-1-3-6-11/h1-8,10,13H,9H2,(H,22,24)(H,25,26). The first-order valence-corrected chi connectivity index (χ1v) is 9.56. The number of aromatic nitrogens is 1. The molecule has 0 fully saturated rings. The van der Waals surface area contributed by atoms with Crippen LogP contribution in [0.4, 0.5) is 0 Å². The summed E-state index contributed by atoms with van der Waals surface area (Å²) in [5.41, 5.74) is 1.46. The molecule has 0 aliphatic carbocycles. The van der Waals surface area contributed by atoms with Crippen LogP contribution in [0.2, 0.25) is 10.0 Å². The van der Waals surface area contributed by atoms with E-state index in [1.54, 1.807) is 53.9 Å². The Kier molecular flexibility index (Phi) is 6.11. The largest absolute Gasteiger partial charge is 0.481 e. The van der Waals surface area contributed by atoms with Gasteiger partial charge in [-0.2, -0.15) is 0 Å². The maximum absolute atomic E-state index is 12.4. The van der Waals surface area contributed by atoms with Gasteiger partial charge in [-0.15, -0.1) is 11.3 Å². The van der Waals surface area contributed by atoms with Gasteiger partial charge in [-0.25, -0.2) is 4.98 Å². The van der Waals surface area contributed by atoms with Gasteiger partial charge in [0, 0.05) is 17.5 Å². The lowest BCUT2D eigenvalue weighted by Gasteiger charge is -2.13. The van der Waals surface area contributed by atoms with E-state index >= 15 is 0 Å². The molecule has 8 heteroatoms. The Morgan fingerprint density at radius 3 is 2.56 bits per heavy atom. The van der Waals surface area contributed by atoms with Crippen LogP contribution >= 0.6 is 34.5 Å². The van der Waals surface area contributed by atoms with Gasteiger partial charge < -0.3 is 10.4 Å². The second-order valence-electron chi connectivity index (χ2n) is 5.65. The van der Waals surface area contributed by atoms with E-state index in [9.17, 15) is 14.7 Å². The summed E-state index contributed by atoms with van der Waals surface area (Å²) in [6.07, 6.45) is 0. The first kappa shape index (κ1) is 19.4. The third-order valence-electron chi connectivity index (χ3n) is 3.89. The summed E-state index contributed by atoms with van der Waals surface area (Å²) in [5.74, 6) is -2.29. The fourth-order valence-corrected chi connectivity index (χ4v) is 3.77. The molecule has 0 aliphatic rings. The van der Waals surface area contributed by atoms with Gasteiger partial charge in [0.25, 0.3) is 5.91 Å². The molecule has 2 aromatic carbocycles. The molecule has 27 heavy (non-hydrogen) atoms. The van der Waals surface area contributed by atoms with Crippen LogP contribution in [0.3, 0.4) is 0 Å². The molecule has 1 heterocycles. The zero-order chi connectivity index (χ0) is 19.4. The maximum atomic E-state index is 12.4. The lowest BCUT2D eigenvalue weighted by atomic mass is 9.99. The number of thiazole rings is 1. The Morgan fingerprint density at radius 1 is 1.11 bits per heavy atom. The topological polar surface area (TPSA) is 79.3 Å². The maximum Gasteiger partial charge on any atom is 0.312 e. The molecule has 0 aliphatic heterocycles. The molecule has 138 valence electrons. The minimum absolute atomic E-state index is 0.0387. The van der Waals surface area contributed by atoms with Crippen LogP contribution in [0.25, 0.3) is 10.6 Å². The summed E-state index contributed by atoms with van der Waals surface area (Å²) in [7, 11) is 0. The number of hydrogen-bond donors (Lipinski definition) is 2. The van der Waals surface area contributed by atoms with Gasteiger partial charge in [-0.05, 0) is 11.6 Å². The molecule has 1 unspecified atom stereocenters. The Bertz CT molecular complexity index is 976. The summed E-state index contributed by atoms with van der Waals surface area (Å²) in [6.45, 7) is -0.0387. The average molecular weight is 421 g/mol. The molecule has 0 saturated carbocycles. The van der Waals surface area contributed by atoms with E-state index in [2.05, 4.69) is 10.3 Å². The number of carboxylic acid groups (broad SMARTS) is 1. The van der Waals surface area contributed by atoms with Crippen LogP contribution < -0.4 is 5.32 Å². The number of amides is 1. The number of carboxylic acids is 1. The van der Waals surface area contributed by atoms with Crippen molar-refractivity contribution in [3.8, 4) is 10.6 Å². The van der Waals surface area contributed by atoms with Crippen molar-refractivity contribution in [3.05, 3.63) is 75.2 Å². The number of nitrogens with one attached hydrogen (secondary N) is 1. The van der Waals surface area contributed by atoms with Gasteiger partial charge >= 0.3 is 5.97 Å². The summed E-state index contributed by atoms with van der Waals surface area (Å²) in [5, 5.41) is 15.0. The van der Waals surface area contributed by atoms with Crippen molar-refractivity contribution in [2.24, 2.45) is 0 Å². The highest BCUT2D eigenvalue weighted by molar-refractivity contribution is 7.13. The van der Waals surface area contributed by atoms with Crippen LogP contribution in [0.15, 0.2) is 53.9 Å². The number of hydrogen-bond acceptors (Lipinski definition) is 4. The van der Waals surface area contributed by atoms with Gasteiger partial charge in [0.05, 0.1) is 16.0 Å². The van der Waals surface area contributed by atoms with E-state index in [4.69, 9.17) is 23.2 Å². The highest BCUT2D eigenvalue weighted by Gasteiger charge is 2.22. The van der Waals surface area contributed by atoms with E-state index in [1.165, 1.54) is 11.3 Å². The predicted molar refractivity (Wildman–Crippen MR) is 107 cm³/mol. The van der Waals surface area contributed by atoms with Crippen molar-refractivity contribution < 1.29 is 14.7 Å². The number of aliphatic carboxylic acids is 1. The molecular weight excluding hydrogens is 407 g/mol. The SMILES string of the molecule is O=C(NCC(C(=O)O)c1ccccc1)c1csc(-c2cccc(Cl)c2Cl)n1. The average Bonchev–Trinajstić information content (AvgIpc) is 3.14. The molecule has 1 atom stereocenters. The minimum Gasteiger partial charge on any atom is -0.481 e. The van der Waals surface area contributed by atoms with Crippen LogP contribution in [0, 0.1) is 0 Å². The quantitative estimate of drug-likeness (QED) is 0.604. The van der Waals surface area contributed by atoms with Crippen molar-refractivity contribution in [2.45, 2.75) is 5.92 Å². The highest BCUT2D eigenvalue weighted by atomic mass is 35.5. The van der Waals surface area contributed by atoms with E-state index in [0.29, 0.717) is 26.2 Å². The second kappa shape index (κ2) is 8.52. The van der Waals surface area contributed by atoms with E-state index < -0.39 is 17.8 Å². The summed E-state index contributed by atoms with van der Waals surface area (Å²) >= 11 is 13.5. The van der Waals surface area contributed by atoms with Crippen molar-refractivity contribution in [1.82, 2.24) is 10.3 Å². The van der Waals surface area contributed by atoms with Crippen molar-refractivity contribution in [3.63, 3.8) is 0 Å². The molecule has 0 bridgehead atoms. The number of nitrogens with zero attached hydrogens (tertiary/aromatic N) is 1. The molecule has 3 aromatic rings. The Balaban J connectivity index is 1.73. The lowest BCUT2D eigenvalue weighted by molar-refractivity contribution is -0.138. The summed E-state index contributed by atoms with van der Waals surface area (Å²) < 4.78 is 0. The zero-order valence-electron chi connectivity index (χ0n) is 13.9. The smallest absolute Gasteiger partial charge is 0.312 e. The molecule has 2 N–H and O–H groups in total. The lowest BCUT2D eigenvalue weighted by Crippen LogP contribution is -2.31. The molecular formula is C19H14Cl2N2O3S. The molecule has 1 aromatic heterocycles. The van der Waals surface area contributed by atoms with Crippen molar-refractivity contribution in [2.75, 3.05) is 6.54 Å². The van der Waals surface area contributed by atoms with Crippen LogP contribution in [-0.2, 0) is 4.79 Å². The summed E-state index contributed by atoms with van der Waals surface area (Å²) in [6, 6.07) is 13.9. The minimum atomic E-state index is -1.01. The number of benzene rings is 2. The summed E-state index contributed by atoms with van der Waals surface area (Å²) in [4.78, 5) is 28.2. The number of carbonyl (C=O) groups is 2. The monoisotopic (exact) mass is 420 g/mol. The van der Waals surface area contributed by atoms with E-state index in [0.717, 1.165) is 0 Å². The van der Waals surface area contributed by atoms with Gasteiger partial charge in [0.1, 0.15) is 10.7 Å². The normalized spacial score (nSPS) is 11.8. The molecule has 0 radical (unpaired) electrons. The Morgan fingerprint density at radius 2 is 1.85 bits per heavy atom. The van der Waals surface area contributed by atoms with Gasteiger partial charge in [-0.1, -0.05) is 65.7 Å². The molecule has 1 amide bonds. The molecule has 3 rings (SSSR count). The molecule has 5 nitrogen and oxygen atoms in total. The van der Waals surface area contributed by atoms with Crippen LogP contribution in [-0.4, -0.2) is 28.5 Å². The third-order valence-corrected chi connectivity index (χ3v) is 5.58. The highest BCUT2D eigenvalue weighted by Crippen LogP contribution is 2.34. The fourth-order valence-electron chi connectivity index (χ4n) is 2.49. The van der Waals surface area contributed by atoms with Gasteiger partial charge in [0.15, 0.2) is 0 Å². The Hall–Kier alpha value is -2.41. The van der Waals surface area contributed by atoms with Gasteiger partial charge in [0.2, 0.25) is 0 Å². The van der Waals surface area contributed by atoms with E-state index in [1.807, 2.05) is 0 Å². The fraction of sp³-hybridized carbons (Fsp3) is 0.105. The Labute approximate surface area is 169 Å². The van der Waals surface area contributed by atoms with Gasteiger partial charge in [-0.3, -0.25) is 9.59 Å². The van der Waals surface area contributed by atoms with Crippen LogP contribution in [0.1, 0.15) is 22.0 Å². The number of rotatable bonds is 6.